The second kappa shape index (κ2) is 9.52. The van der Waals surface area contributed by atoms with Crippen molar-refractivity contribution in [2.24, 2.45) is 0 Å². The van der Waals surface area contributed by atoms with E-state index in [1.54, 1.807) is 55.5 Å². The summed E-state index contributed by atoms with van der Waals surface area (Å²) >= 11 is 0. The van der Waals surface area contributed by atoms with Gasteiger partial charge in [0.1, 0.15) is 17.6 Å². The first-order valence-corrected chi connectivity index (χ1v) is 10.4. The number of hydrogen-bond donors (Lipinski definition) is 2. The number of benzene rings is 3. The summed E-state index contributed by atoms with van der Waals surface area (Å²) in [7, 11) is 2.95. The van der Waals surface area contributed by atoms with Gasteiger partial charge in [-0.25, -0.2) is 0 Å². The molecule has 0 spiro atoms. The molecule has 0 unspecified atom stereocenters. The molecule has 3 aromatic carbocycles. The van der Waals surface area contributed by atoms with E-state index in [0.717, 1.165) is 0 Å². The predicted octanol–water partition coefficient (Wildman–Crippen LogP) is 4.12. The number of fused-ring (bicyclic) bond motifs is 1. The third kappa shape index (κ3) is 4.69. The molecule has 8 heteroatoms. The van der Waals surface area contributed by atoms with Gasteiger partial charge >= 0.3 is 0 Å². The fourth-order valence-electron chi connectivity index (χ4n) is 3.49. The van der Waals surface area contributed by atoms with Gasteiger partial charge in [-0.05, 0) is 31.2 Å². The number of hydrogen-bond acceptors (Lipinski definition) is 6. The van der Waals surface area contributed by atoms with Crippen LogP contribution in [-0.2, 0) is 4.79 Å². The summed E-state index contributed by atoms with van der Waals surface area (Å²) in [5.41, 5.74) is 1.27. The molecule has 2 atom stereocenters. The monoisotopic (exact) mass is 448 g/mol. The third-order valence-corrected chi connectivity index (χ3v) is 5.16. The van der Waals surface area contributed by atoms with Crippen molar-refractivity contribution in [3.05, 3.63) is 72.3 Å². The van der Waals surface area contributed by atoms with Gasteiger partial charge in [0.05, 0.1) is 25.6 Å². The molecule has 0 aliphatic carbocycles. The van der Waals surface area contributed by atoms with Crippen molar-refractivity contribution in [3.8, 4) is 23.0 Å². The van der Waals surface area contributed by atoms with E-state index >= 15 is 0 Å². The maximum atomic E-state index is 13.0. The summed E-state index contributed by atoms with van der Waals surface area (Å²) in [5.74, 6) is 1.09. The molecular weight excluding hydrogens is 424 g/mol. The largest absolute Gasteiger partial charge is 0.494 e. The van der Waals surface area contributed by atoms with Gasteiger partial charge < -0.3 is 29.6 Å². The molecule has 0 aromatic heterocycles. The molecule has 0 fully saturated rings. The smallest absolute Gasteiger partial charge is 0.269 e. The Morgan fingerprint density at radius 1 is 0.788 bits per heavy atom. The number of nitrogens with one attached hydrogen (secondary N) is 2. The van der Waals surface area contributed by atoms with Crippen LogP contribution in [0.4, 0.5) is 11.4 Å². The molecule has 0 saturated carbocycles. The molecule has 4 rings (SSSR count). The standard InChI is InChI=1S/C25H24N2O6/c1-15-23(33-20-12-8-7-11-19(20)32-15)25(29)27-18-14-21(30-2)17(13-22(18)31-3)26-24(28)16-9-5-4-6-10-16/h4-15,23H,1-3H3,(H,26,28)(H,27,29)/t15-,23+/m0/s1. The molecule has 2 amide bonds. The number of para-hydroxylation sites is 2. The zero-order chi connectivity index (χ0) is 23.4. The van der Waals surface area contributed by atoms with E-state index in [1.165, 1.54) is 14.2 Å². The van der Waals surface area contributed by atoms with Crippen LogP contribution in [0.25, 0.3) is 0 Å². The lowest BCUT2D eigenvalue weighted by atomic mass is 10.1. The van der Waals surface area contributed by atoms with Gasteiger partial charge in [-0.15, -0.1) is 0 Å². The van der Waals surface area contributed by atoms with Crippen LogP contribution < -0.4 is 29.6 Å². The Hall–Kier alpha value is -4.20. The second-order valence-corrected chi connectivity index (χ2v) is 7.37. The van der Waals surface area contributed by atoms with Gasteiger partial charge in [0.25, 0.3) is 11.8 Å². The van der Waals surface area contributed by atoms with Crippen molar-refractivity contribution in [2.75, 3.05) is 24.9 Å². The van der Waals surface area contributed by atoms with Crippen molar-refractivity contribution < 1.29 is 28.5 Å². The summed E-state index contributed by atoms with van der Waals surface area (Å²) in [6.07, 6.45) is -1.37. The lowest BCUT2D eigenvalue weighted by Gasteiger charge is -2.31. The zero-order valence-electron chi connectivity index (χ0n) is 18.5. The molecule has 3 aromatic rings. The average molecular weight is 448 g/mol. The lowest BCUT2D eigenvalue weighted by molar-refractivity contribution is -0.128. The van der Waals surface area contributed by atoms with Crippen molar-refractivity contribution in [2.45, 2.75) is 19.1 Å². The molecule has 8 nitrogen and oxygen atoms in total. The zero-order valence-corrected chi connectivity index (χ0v) is 18.5. The maximum Gasteiger partial charge on any atom is 0.269 e. The van der Waals surface area contributed by atoms with Crippen molar-refractivity contribution in [1.29, 1.82) is 0 Å². The molecule has 1 aliphatic rings. The minimum Gasteiger partial charge on any atom is -0.494 e. The summed E-state index contributed by atoms with van der Waals surface area (Å²) in [5, 5.41) is 5.63. The second-order valence-electron chi connectivity index (χ2n) is 7.37. The fraction of sp³-hybridized carbons (Fsp3) is 0.200. The van der Waals surface area contributed by atoms with Gasteiger partial charge in [-0.1, -0.05) is 30.3 Å². The van der Waals surface area contributed by atoms with E-state index < -0.39 is 18.1 Å². The topological polar surface area (TPSA) is 95.1 Å². The maximum absolute atomic E-state index is 13.0. The van der Waals surface area contributed by atoms with E-state index in [4.69, 9.17) is 18.9 Å². The number of amides is 2. The van der Waals surface area contributed by atoms with Gasteiger partial charge in [0.2, 0.25) is 6.10 Å². The van der Waals surface area contributed by atoms with Gasteiger partial charge in [0.15, 0.2) is 11.5 Å². The van der Waals surface area contributed by atoms with Gasteiger partial charge in [-0.2, -0.15) is 0 Å². The summed E-state index contributed by atoms with van der Waals surface area (Å²) in [4.78, 5) is 25.6. The van der Waals surface area contributed by atoms with Crippen molar-refractivity contribution >= 4 is 23.2 Å². The first kappa shape index (κ1) is 22.0. The van der Waals surface area contributed by atoms with Crippen molar-refractivity contribution in [1.82, 2.24) is 0 Å². The molecule has 170 valence electrons. The lowest BCUT2D eigenvalue weighted by Crippen LogP contribution is -2.46. The molecule has 2 N–H and O–H groups in total. The molecule has 33 heavy (non-hydrogen) atoms. The number of ether oxygens (including phenoxy) is 4. The van der Waals surface area contributed by atoms with E-state index in [-0.39, 0.29) is 5.91 Å². The first-order chi connectivity index (χ1) is 16.0. The van der Waals surface area contributed by atoms with Crippen LogP contribution in [0.5, 0.6) is 23.0 Å². The summed E-state index contributed by atoms with van der Waals surface area (Å²) in [6.45, 7) is 1.76. The van der Waals surface area contributed by atoms with Crippen LogP contribution in [0.3, 0.4) is 0 Å². The number of rotatable bonds is 6. The van der Waals surface area contributed by atoms with E-state index in [1.807, 2.05) is 18.2 Å². The SMILES string of the molecule is COc1cc(NC(=O)[C@@H]2Oc3ccccc3O[C@H]2C)c(OC)cc1NC(=O)c1ccccc1. The summed E-state index contributed by atoms with van der Waals surface area (Å²) < 4.78 is 22.6. The predicted molar refractivity (Wildman–Crippen MR) is 124 cm³/mol. The van der Waals surface area contributed by atoms with Crippen LogP contribution in [0.15, 0.2) is 66.7 Å². The quantitative estimate of drug-likeness (QED) is 0.589. The molecule has 1 aliphatic heterocycles. The van der Waals surface area contributed by atoms with E-state index in [2.05, 4.69) is 10.6 Å². The van der Waals surface area contributed by atoms with E-state index in [9.17, 15) is 9.59 Å². The third-order valence-electron chi connectivity index (χ3n) is 5.16. The molecular formula is C25H24N2O6. The van der Waals surface area contributed by atoms with Crippen LogP contribution in [0, 0.1) is 0 Å². The molecule has 0 saturated heterocycles. The molecule has 1 heterocycles. The van der Waals surface area contributed by atoms with Crippen molar-refractivity contribution in [3.63, 3.8) is 0 Å². The number of carbonyl (C=O) groups is 2. The Labute approximate surface area is 191 Å². The highest BCUT2D eigenvalue weighted by Crippen LogP contribution is 2.38. The normalized spacial score (nSPS) is 16.5. The number of anilines is 2. The minimum atomic E-state index is -0.868. The Bertz CT molecular complexity index is 1160. The highest BCUT2D eigenvalue weighted by molar-refractivity contribution is 6.05. The van der Waals surface area contributed by atoms with Crippen LogP contribution >= 0.6 is 0 Å². The Balaban J connectivity index is 1.55. The molecule has 0 radical (unpaired) electrons. The van der Waals surface area contributed by atoms with Crippen LogP contribution in [-0.4, -0.2) is 38.2 Å². The average Bonchev–Trinajstić information content (AvgIpc) is 2.84. The van der Waals surface area contributed by atoms with Crippen LogP contribution in [0.2, 0.25) is 0 Å². The number of carbonyl (C=O) groups excluding carboxylic acids is 2. The number of methoxy groups -OCH3 is 2. The van der Waals surface area contributed by atoms with Gasteiger partial charge in [0, 0.05) is 17.7 Å². The Kier molecular flexibility index (Phi) is 6.35. The highest BCUT2D eigenvalue weighted by Gasteiger charge is 2.34. The minimum absolute atomic E-state index is 0.298. The van der Waals surface area contributed by atoms with Gasteiger partial charge in [-0.3, -0.25) is 9.59 Å². The molecule has 0 bridgehead atoms. The first-order valence-electron chi connectivity index (χ1n) is 10.4. The van der Waals surface area contributed by atoms with Crippen LogP contribution in [0.1, 0.15) is 17.3 Å². The Morgan fingerprint density at radius 3 is 1.94 bits per heavy atom. The summed E-state index contributed by atoms with van der Waals surface area (Å²) in [6, 6.07) is 19.2. The Morgan fingerprint density at radius 2 is 1.33 bits per heavy atom. The van der Waals surface area contributed by atoms with E-state index in [0.29, 0.717) is 39.9 Å². The highest BCUT2D eigenvalue weighted by atomic mass is 16.6. The fourth-order valence-corrected chi connectivity index (χ4v) is 3.49.